The second-order valence-corrected chi connectivity index (χ2v) is 5.05. The molecule has 2 rings (SSSR count). The first-order chi connectivity index (χ1) is 10.2. The van der Waals surface area contributed by atoms with E-state index >= 15 is 0 Å². The van der Waals surface area contributed by atoms with Crippen LogP contribution < -0.4 is 4.74 Å². The van der Waals surface area contributed by atoms with Crippen molar-refractivity contribution in [2.24, 2.45) is 0 Å². The molecule has 0 saturated heterocycles. The van der Waals surface area contributed by atoms with Crippen molar-refractivity contribution in [3.8, 4) is 23.8 Å². The van der Waals surface area contributed by atoms with Gasteiger partial charge in [-0.2, -0.15) is 0 Å². The molecule has 1 atom stereocenters. The minimum Gasteiger partial charge on any atom is -0.457 e. The van der Waals surface area contributed by atoms with Crippen LogP contribution in [0.2, 0.25) is 0 Å². The van der Waals surface area contributed by atoms with Crippen LogP contribution in [0.1, 0.15) is 31.7 Å². The van der Waals surface area contributed by atoms with E-state index in [-0.39, 0.29) is 0 Å². The highest BCUT2D eigenvalue weighted by atomic mass is 16.5. The largest absolute Gasteiger partial charge is 0.457 e. The standard InChI is InChI=1S/C19H20O2/c1-3-5-15-19(20,4-2)16-11-13-18(14-12-16)21-17-9-7-6-8-10-17/h2,6-14,20H,3,5,15H2,1H3. The lowest BCUT2D eigenvalue weighted by molar-refractivity contribution is 0.0877. The number of hydrogen-bond acceptors (Lipinski definition) is 2. The molecule has 2 aromatic carbocycles. The molecule has 0 amide bonds. The molecule has 0 aromatic heterocycles. The highest BCUT2D eigenvalue weighted by Gasteiger charge is 2.25. The van der Waals surface area contributed by atoms with Gasteiger partial charge >= 0.3 is 0 Å². The van der Waals surface area contributed by atoms with Crippen molar-refractivity contribution in [2.75, 3.05) is 0 Å². The molecule has 0 radical (unpaired) electrons. The summed E-state index contributed by atoms with van der Waals surface area (Å²) in [5.74, 6) is 4.02. The summed E-state index contributed by atoms with van der Waals surface area (Å²) in [5, 5.41) is 10.5. The number of ether oxygens (including phenoxy) is 1. The maximum Gasteiger partial charge on any atom is 0.150 e. The maximum atomic E-state index is 10.5. The Labute approximate surface area is 126 Å². The molecule has 1 unspecified atom stereocenters. The number of aliphatic hydroxyl groups is 1. The van der Waals surface area contributed by atoms with Gasteiger partial charge in [0.2, 0.25) is 0 Å². The van der Waals surface area contributed by atoms with Crippen molar-refractivity contribution >= 4 is 0 Å². The summed E-state index contributed by atoms with van der Waals surface area (Å²) in [6.45, 7) is 2.08. The van der Waals surface area contributed by atoms with Gasteiger partial charge in [-0.05, 0) is 42.7 Å². The molecule has 0 saturated carbocycles. The first-order valence-electron chi connectivity index (χ1n) is 7.21. The molecule has 0 aliphatic carbocycles. The second kappa shape index (κ2) is 6.97. The molecule has 1 N–H and O–H groups in total. The zero-order valence-corrected chi connectivity index (χ0v) is 12.3. The van der Waals surface area contributed by atoms with Crippen LogP contribution in [0.4, 0.5) is 0 Å². The third-order valence-electron chi connectivity index (χ3n) is 3.44. The van der Waals surface area contributed by atoms with Crippen molar-refractivity contribution in [2.45, 2.75) is 31.8 Å². The van der Waals surface area contributed by atoms with Gasteiger partial charge in [0.25, 0.3) is 0 Å². The molecular formula is C19H20O2. The predicted molar refractivity (Wildman–Crippen MR) is 85.2 cm³/mol. The van der Waals surface area contributed by atoms with E-state index in [0.29, 0.717) is 6.42 Å². The number of unbranched alkanes of at least 4 members (excludes halogenated alkanes) is 1. The Morgan fingerprint density at radius 2 is 1.67 bits per heavy atom. The summed E-state index contributed by atoms with van der Waals surface area (Å²) in [6.07, 6.45) is 7.97. The van der Waals surface area contributed by atoms with Crippen LogP contribution in [0.3, 0.4) is 0 Å². The van der Waals surface area contributed by atoms with Crippen molar-refractivity contribution in [3.05, 3.63) is 60.2 Å². The normalized spacial score (nSPS) is 13.2. The minimum absolute atomic E-state index is 0.568. The van der Waals surface area contributed by atoms with Gasteiger partial charge < -0.3 is 9.84 Å². The fourth-order valence-electron chi connectivity index (χ4n) is 2.16. The Balaban J connectivity index is 2.13. The van der Waals surface area contributed by atoms with Crippen LogP contribution in [0, 0.1) is 12.3 Å². The smallest absolute Gasteiger partial charge is 0.150 e. The van der Waals surface area contributed by atoms with Gasteiger partial charge in [0.15, 0.2) is 5.60 Å². The Morgan fingerprint density at radius 3 is 2.24 bits per heavy atom. The number of terminal acetylenes is 1. The van der Waals surface area contributed by atoms with Crippen molar-refractivity contribution in [1.82, 2.24) is 0 Å². The lowest BCUT2D eigenvalue weighted by Crippen LogP contribution is -2.23. The van der Waals surface area contributed by atoms with Crippen LogP contribution in [0.5, 0.6) is 11.5 Å². The van der Waals surface area contributed by atoms with E-state index in [9.17, 15) is 5.11 Å². The van der Waals surface area contributed by atoms with E-state index in [4.69, 9.17) is 11.2 Å². The number of hydrogen-bond donors (Lipinski definition) is 1. The maximum absolute atomic E-state index is 10.5. The first-order valence-corrected chi connectivity index (χ1v) is 7.21. The van der Waals surface area contributed by atoms with Gasteiger partial charge in [-0.3, -0.25) is 0 Å². The average molecular weight is 280 g/mol. The summed E-state index contributed by atoms with van der Waals surface area (Å²) >= 11 is 0. The summed E-state index contributed by atoms with van der Waals surface area (Å²) < 4.78 is 5.73. The fourth-order valence-corrected chi connectivity index (χ4v) is 2.16. The van der Waals surface area contributed by atoms with Crippen LogP contribution in [-0.4, -0.2) is 5.11 Å². The number of rotatable bonds is 6. The molecule has 2 aromatic rings. The third kappa shape index (κ3) is 3.87. The lowest BCUT2D eigenvalue weighted by atomic mass is 9.89. The zero-order valence-electron chi connectivity index (χ0n) is 12.3. The average Bonchev–Trinajstić information content (AvgIpc) is 2.54. The summed E-state index contributed by atoms with van der Waals surface area (Å²) in [7, 11) is 0. The van der Waals surface area contributed by atoms with E-state index in [1.807, 2.05) is 54.6 Å². The molecule has 0 spiro atoms. The Bertz CT molecular complexity index is 596. The van der Waals surface area contributed by atoms with Gasteiger partial charge in [0.1, 0.15) is 11.5 Å². The molecule has 2 heteroatoms. The lowest BCUT2D eigenvalue weighted by Gasteiger charge is -2.22. The molecule has 0 heterocycles. The monoisotopic (exact) mass is 280 g/mol. The van der Waals surface area contributed by atoms with Crippen LogP contribution >= 0.6 is 0 Å². The summed E-state index contributed by atoms with van der Waals surface area (Å²) in [6, 6.07) is 16.9. The highest BCUT2D eigenvalue weighted by molar-refractivity contribution is 5.37. The SMILES string of the molecule is C#CC(O)(CCCC)c1ccc(Oc2ccccc2)cc1. The first kappa shape index (κ1) is 15.2. The van der Waals surface area contributed by atoms with Crippen molar-refractivity contribution in [3.63, 3.8) is 0 Å². The molecule has 0 fully saturated rings. The molecular weight excluding hydrogens is 260 g/mol. The van der Waals surface area contributed by atoms with Crippen molar-refractivity contribution < 1.29 is 9.84 Å². The zero-order chi connectivity index (χ0) is 15.1. The highest BCUT2D eigenvalue weighted by Crippen LogP contribution is 2.29. The van der Waals surface area contributed by atoms with Gasteiger partial charge in [-0.25, -0.2) is 0 Å². The quantitative estimate of drug-likeness (QED) is 0.790. The van der Waals surface area contributed by atoms with Crippen LogP contribution in [0.15, 0.2) is 54.6 Å². The molecule has 0 aliphatic heterocycles. The molecule has 21 heavy (non-hydrogen) atoms. The van der Waals surface area contributed by atoms with Gasteiger partial charge in [-0.15, -0.1) is 6.42 Å². The summed E-state index contributed by atoms with van der Waals surface area (Å²) in [5.41, 5.74) is -0.458. The summed E-state index contributed by atoms with van der Waals surface area (Å²) in [4.78, 5) is 0. The van der Waals surface area contributed by atoms with Crippen LogP contribution in [0.25, 0.3) is 0 Å². The molecule has 0 bridgehead atoms. The van der Waals surface area contributed by atoms with Gasteiger partial charge in [0.05, 0.1) is 0 Å². The van der Waals surface area contributed by atoms with E-state index in [1.165, 1.54) is 0 Å². The number of para-hydroxylation sites is 1. The molecule has 108 valence electrons. The van der Waals surface area contributed by atoms with Crippen molar-refractivity contribution in [1.29, 1.82) is 0 Å². The Morgan fingerprint density at radius 1 is 1.05 bits per heavy atom. The molecule has 0 aliphatic rings. The number of benzene rings is 2. The van der Waals surface area contributed by atoms with E-state index in [1.54, 1.807) is 0 Å². The predicted octanol–water partition coefficient (Wildman–Crippen LogP) is 4.49. The Hall–Kier alpha value is -2.24. The van der Waals surface area contributed by atoms with Gasteiger partial charge in [-0.1, -0.05) is 49.6 Å². The Kier molecular flexibility index (Phi) is 5.03. The topological polar surface area (TPSA) is 29.5 Å². The van der Waals surface area contributed by atoms with E-state index < -0.39 is 5.60 Å². The van der Waals surface area contributed by atoms with Crippen LogP contribution in [-0.2, 0) is 5.60 Å². The minimum atomic E-state index is -1.19. The fraction of sp³-hybridized carbons (Fsp3) is 0.263. The van der Waals surface area contributed by atoms with Gasteiger partial charge in [0, 0.05) is 0 Å². The second-order valence-electron chi connectivity index (χ2n) is 5.05. The van der Waals surface area contributed by atoms with E-state index in [0.717, 1.165) is 29.9 Å². The van der Waals surface area contributed by atoms with E-state index in [2.05, 4.69) is 12.8 Å². The third-order valence-corrected chi connectivity index (χ3v) is 3.44. The molecule has 2 nitrogen and oxygen atoms in total.